The third kappa shape index (κ3) is 3.57. The van der Waals surface area contributed by atoms with E-state index in [1.54, 1.807) is 11.9 Å². The molecule has 0 radical (unpaired) electrons. The maximum absolute atomic E-state index is 12.5. The number of hydrogen-bond acceptors (Lipinski definition) is 5. The lowest BCUT2D eigenvalue weighted by Crippen LogP contribution is -2.31. The van der Waals surface area contributed by atoms with Crippen molar-refractivity contribution < 1.29 is 4.79 Å². The van der Waals surface area contributed by atoms with Gasteiger partial charge in [0, 0.05) is 31.1 Å². The largest absolute Gasteiger partial charge is 0.340 e. The molecule has 0 aliphatic heterocycles. The Morgan fingerprint density at radius 1 is 1.35 bits per heavy atom. The summed E-state index contributed by atoms with van der Waals surface area (Å²) in [5.41, 5.74) is 1.57. The van der Waals surface area contributed by atoms with Crippen molar-refractivity contribution in [3.63, 3.8) is 0 Å². The molecule has 0 saturated heterocycles. The van der Waals surface area contributed by atoms with Crippen molar-refractivity contribution in [2.24, 2.45) is 0 Å². The highest BCUT2D eigenvalue weighted by atomic mass is 16.2. The van der Waals surface area contributed by atoms with E-state index < -0.39 is 0 Å². The summed E-state index contributed by atoms with van der Waals surface area (Å²) in [6.45, 7) is 2.48. The van der Waals surface area contributed by atoms with E-state index in [1.807, 2.05) is 13.0 Å². The van der Waals surface area contributed by atoms with E-state index in [0.29, 0.717) is 24.0 Å². The van der Waals surface area contributed by atoms with E-state index in [0.717, 1.165) is 5.69 Å². The zero-order chi connectivity index (χ0) is 16.2. The van der Waals surface area contributed by atoms with Crippen molar-refractivity contribution in [1.82, 2.24) is 35.7 Å². The lowest BCUT2D eigenvalue weighted by Gasteiger charge is -2.20. The van der Waals surface area contributed by atoms with Crippen LogP contribution in [0.3, 0.4) is 0 Å². The monoisotopic (exact) mass is 317 g/mol. The minimum atomic E-state index is -0.0846. The maximum Gasteiger partial charge on any atom is 0.274 e. The van der Waals surface area contributed by atoms with E-state index in [2.05, 4.69) is 30.8 Å². The smallest absolute Gasteiger partial charge is 0.274 e. The zero-order valence-electron chi connectivity index (χ0n) is 13.6. The molecule has 1 amide bonds. The van der Waals surface area contributed by atoms with Crippen molar-refractivity contribution in [3.8, 4) is 0 Å². The summed E-state index contributed by atoms with van der Waals surface area (Å²) < 4.78 is 0. The van der Waals surface area contributed by atoms with Gasteiger partial charge in [0.25, 0.3) is 5.91 Å². The average molecular weight is 317 g/mol. The van der Waals surface area contributed by atoms with Crippen LogP contribution in [0.1, 0.15) is 72.9 Å². The summed E-state index contributed by atoms with van der Waals surface area (Å²) in [4.78, 5) is 14.2. The first kappa shape index (κ1) is 15.6. The number of likely N-dealkylation sites (N-methyl/N-ethyl adjacent to an activating group) is 1. The number of tetrazole rings is 1. The molecule has 2 N–H and O–H groups in total. The van der Waals surface area contributed by atoms with Crippen LogP contribution in [0, 0.1) is 0 Å². The van der Waals surface area contributed by atoms with Gasteiger partial charge < -0.3 is 4.90 Å². The number of nitrogens with zero attached hydrogens (tertiary/aromatic N) is 5. The summed E-state index contributed by atoms with van der Waals surface area (Å²) in [6.07, 6.45) is 6.19. The molecule has 1 atom stereocenters. The van der Waals surface area contributed by atoms with Crippen LogP contribution in [-0.4, -0.2) is 55.2 Å². The Morgan fingerprint density at radius 2 is 2.13 bits per heavy atom. The Labute approximate surface area is 135 Å². The minimum Gasteiger partial charge on any atom is -0.340 e. The molecule has 1 aliphatic carbocycles. The predicted octanol–water partition coefficient (Wildman–Crippen LogP) is 1.85. The Morgan fingerprint density at radius 3 is 2.83 bits per heavy atom. The highest BCUT2D eigenvalue weighted by Gasteiger charge is 2.23. The van der Waals surface area contributed by atoms with Gasteiger partial charge in [-0.15, -0.1) is 10.2 Å². The molecule has 2 aromatic heterocycles. The summed E-state index contributed by atoms with van der Waals surface area (Å²) in [5, 5.41) is 21.2. The molecule has 0 aromatic carbocycles. The van der Waals surface area contributed by atoms with Crippen LogP contribution in [0.4, 0.5) is 0 Å². The van der Waals surface area contributed by atoms with Crippen LogP contribution in [0.25, 0.3) is 0 Å². The van der Waals surface area contributed by atoms with E-state index in [4.69, 9.17) is 0 Å². The Kier molecular flexibility index (Phi) is 4.68. The first-order valence-corrected chi connectivity index (χ1v) is 8.19. The van der Waals surface area contributed by atoms with E-state index in [1.165, 1.54) is 32.1 Å². The number of amides is 1. The fourth-order valence-electron chi connectivity index (χ4n) is 3.22. The van der Waals surface area contributed by atoms with Crippen LogP contribution >= 0.6 is 0 Å². The van der Waals surface area contributed by atoms with Gasteiger partial charge in [-0.2, -0.15) is 10.3 Å². The van der Waals surface area contributed by atoms with Crippen LogP contribution in [0.5, 0.6) is 0 Å². The molecule has 1 saturated carbocycles. The van der Waals surface area contributed by atoms with Crippen LogP contribution in [0.15, 0.2) is 6.07 Å². The van der Waals surface area contributed by atoms with E-state index in [-0.39, 0.29) is 11.8 Å². The van der Waals surface area contributed by atoms with Gasteiger partial charge in [-0.3, -0.25) is 9.89 Å². The van der Waals surface area contributed by atoms with Gasteiger partial charge in [0.1, 0.15) is 5.69 Å². The highest BCUT2D eigenvalue weighted by Crippen LogP contribution is 2.31. The number of aromatic amines is 2. The van der Waals surface area contributed by atoms with Gasteiger partial charge in [-0.1, -0.05) is 31.4 Å². The lowest BCUT2D eigenvalue weighted by molar-refractivity contribution is 0.0781. The van der Waals surface area contributed by atoms with Crippen molar-refractivity contribution in [1.29, 1.82) is 0 Å². The quantitative estimate of drug-likeness (QED) is 0.876. The molecular weight excluding hydrogens is 294 g/mol. The normalized spacial score (nSPS) is 17.1. The second-order valence-electron chi connectivity index (χ2n) is 6.40. The van der Waals surface area contributed by atoms with E-state index in [9.17, 15) is 4.79 Å². The molecule has 0 spiro atoms. The molecule has 8 heteroatoms. The third-order valence-corrected chi connectivity index (χ3v) is 4.56. The molecule has 1 aliphatic rings. The summed E-state index contributed by atoms with van der Waals surface area (Å²) in [5.74, 6) is 1.05. The molecule has 2 heterocycles. The fourth-order valence-corrected chi connectivity index (χ4v) is 3.22. The Balaban J connectivity index is 1.62. The summed E-state index contributed by atoms with van der Waals surface area (Å²) in [7, 11) is 1.77. The highest BCUT2D eigenvalue weighted by molar-refractivity contribution is 5.92. The molecular formula is C15H23N7O. The summed E-state index contributed by atoms with van der Waals surface area (Å²) in [6, 6.07) is 1.91. The van der Waals surface area contributed by atoms with Gasteiger partial charge in [0.2, 0.25) is 0 Å². The first-order chi connectivity index (χ1) is 11.1. The predicted molar refractivity (Wildman–Crippen MR) is 84.0 cm³/mol. The van der Waals surface area contributed by atoms with Gasteiger partial charge in [0.05, 0.1) is 0 Å². The Bertz CT molecular complexity index is 630. The first-order valence-electron chi connectivity index (χ1n) is 8.19. The molecule has 2 aromatic rings. The number of rotatable bonds is 5. The van der Waals surface area contributed by atoms with Gasteiger partial charge in [-0.05, 0) is 18.9 Å². The number of H-pyrrole nitrogens is 2. The molecule has 23 heavy (non-hydrogen) atoms. The van der Waals surface area contributed by atoms with Crippen molar-refractivity contribution >= 4 is 5.91 Å². The summed E-state index contributed by atoms with van der Waals surface area (Å²) >= 11 is 0. The molecule has 0 bridgehead atoms. The van der Waals surface area contributed by atoms with Crippen LogP contribution in [-0.2, 0) is 0 Å². The van der Waals surface area contributed by atoms with Crippen molar-refractivity contribution in [3.05, 3.63) is 23.3 Å². The number of hydrogen-bond donors (Lipinski definition) is 2. The molecule has 0 unspecified atom stereocenters. The second-order valence-corrected chi connectivity index (χ2v) is 6.40. The van der Waals surface area contributed by atoms with Crippen LogP contribution < -0.4 is 0 Å². The number of aromatic nitrogens is 6. The number of carbonyl (C=O) groups excluding carboxylic acids is 1. The van der Waals surface area contributed by atoms with Crippen LogP contribution in [0.2, 0.25) is 0 Å². The van der Waals surface area contributed by atoms with Gasteiger partial charge >= 0.3 is 0 Å². The van der Waals surface area contributed by atoms with Gasteiger partial charge in [-0.25, -0.2) is 0 Å². The second kappa shape index (κ2) is 6.89. The van der Waals surface area contributed by atoms with E-state index >= 15 is 0 Å². The Hall–Kier alpha value is -2.25. The SMILES string of the molecule is C[C@H](CN(C)C(=O)c1cc(C2CCCCC2)[nH]n1)c1nn[nH]n1. The topological polar surface area (TPSA) is 103 Å². The van der Waals surface area contributed by atoms with Crippen molar-refractivity contribution in [2.75, 3.05) is 13.6 Å². The standard InChI is InChI=1S/C15H23N7O/c1-10(14-18-20-21-19-14)9-22(2)15(23)13-8-12(16-17-13)11-6-4-3-5-7-11/h8,10-11H,3-7,9H2,1-2H3,(H,16,17)(H,18,19,20,21)/t10-/m1/s1. The maximum atomic E-state index is 12.5. The molecule has 1 fully saturated rings. The third-order valence-electron chi connectivity index (χ3n) is 4.56. The number of carbonyl (C=O) groups is 1. The fraction of sp³-hybridized carbons (Fsp3) is 0.667. The zero-order valence-corrected chi connectivity index (χ0v) is 13.6. The molecule has 124 valence electrons. The van der Waals surface area contributed by atoms with Crippen molar-refractivity contribution in [2.45, 2.75) is 50.9 Å². The molecule has 8 nitrogen and oxygen atoms in total. The number of nitrogens with one attached hydrogen (secondary N) is 2. The average Bonchev–Trinajstić information content (AvgIpc) is 3.26. The lowest BCUT2D eigenvalue weighted by atomic mass is 9.87. The molecule has 3 rings (SSSR count). The minimum absolute atomic E-state index is 0.0134. The van der Waals surface area contributed by atoms with Gasteiger partial charge in [0.15, 0.2) is 5.82 Å².